The number of rotatable bonds is 7. The maximum Gasteiger partial charge on any atom is 0.318 e. The number of carbonyl (C=O) groups excluding carboxylic acids is 1. The Morgan fingerprint density at radius 3 is 2.55 bits per heavy atom. The van der Waals surface area contributed by atoms with E-state index >= 15 is 0 Å². The minimum atomic E-state index is -3.99. The van der Waals surface area contributed by atoms with Crippen molar-refractivity contribution in [3.63, 3.8) is 0 Å². The van der Waals surface area contributed by atoms with Crippen LogP contribution in [0.3, 0.4) is 0 Å². The summed E-state index contributed by atoms with van der Waals surface area (Å²) >= 11 is 0. The Hall–Kier alpha value is -1.99. The van der Waals surface area contributed by atoms with Crippen LogP contribution in [0.25, 0.3) is 0 Å². The van der Waals surface area contributed by atoms with Gasteiger partial charge in [0, 0.05) is 12.1 Å². The number of ketones is 1. The number of aliphatic carboxylic acids is 1. The highest BCUT2D eigenvalue weighted by Crippen LogP contribution is 2.17. The van der Waals surface area contributed by atoms with Crippen molar-refractivity contribution >= 4 is 21.8 Å². The smallest absolute Gasteiger partial charge is 0.318 e. The van der Waals surface area contributed by atoms with Crippen molar-refractivity contribution in [3.8, 4) is 0 Å². The van der Waals surface area contributed by atoms with Crippen LogP contribution in [-0.2, 0) is 14.8 Å². The number of hydrogen-bond acceptors (Lipinski definition) is 4. The van der Waals surface area contributed by atoms with Crippen LogP contribution >= 0.6 is 0 Å². The van der Waals surface area contributed by atoms with Gasteiger partial charge < -0.3 is 5.11 Å². The van der Waals surface area contributed by atoms with E-state index in [1.807, 2.05) is 0 Å². The van der Waals surface area contributed by atoms with E-state index in [0.29, 0.717) is 0 Å². The van der Waals surface area contributed by atoms with Crippen LogP contribution in [0.1, 0.15) is 17.3 Å². The predicted octanol–water partition coefficient (Wildman–Crippen LogP) is 1.15. The van der Waals surface area contributed by atoms with Crippen molar-refractivity contribution in [1.29, 1.82) is 0 Å². The molecule has 0 saturated heterocycles. The van der Waals surface area contributed by atoms with E-state index in [-0.39, 0.29) is 22.8 Å². The topological polar surface area (TPSA) is 91.8 Å². The van der Waals surface area contributed by atoms with Crippen LogP contribution in [0.2, 0.25) is 0 Å². The van der Waals surface area contributed by atoms with Crippen LogP contribution in [0.5, 0.6) is 0 Å². The summed E-state index contributed by atoms with van der Waals surface area (Å²) in [5, 5.41) is 8.77. The molecule has 0 spiro atoms. The molecule has 1 rings (SSSR count). The summed E-state index contributed by atoms with van der Waals surface area (Å²) in [7, 11) is -3.99. The SMILES string of the molecule is C=CCN(CC(=O)O)S(=O)(=O)c1cccc(C(C)=O)c1. The number of Topliss-reactive ketones (excluding diaryl/α,β-unsaturated/α-hetero) is 1. The van der Waals surface area contributed by atoms with E-state index < -0.39 is 22.5 Å². The van der Waals surface area contributed by atoms with Gasteiger partial charge in [-0.15, -0.1) is 6.58 Å². The number of hydrogen-bond donors (Lipinski definition) is 1. The average Bonchev–Trinajstić information content (AvgIpc) is 2.38. The van der Waals surface area contributed by atoms with Crippen LogP contribution in [-0.4, -0.2) is 42.7 Å². The fourth-order valence-corrected chi connectivity index (χ4v) is 2.97. The zero-order valence-electron chi connectivity index (χ0n) is 10.9. The van der Waals surface area contributed by atoms with Gasteiger partial charge in [-0.05, 0) is 19.1 Å². The molecule has 1 aromatic carbocycles. The van der Waals surface area contributed by atoms with Crippen LogP contribution in [0.15, 0.2) is 41.8 Å². The Morgan fingerprint density at radius 2 is 2.05 bits per heavy atom. The molecule has 7 heteroatoms. The highest BCUT2D eigenvalue weighted by Gasteiger charge is 2.25. The van der Waals surface area contributed by atoms with Gasteiger partial charge in [0.25, 0.3) is 0 Å². The third kappa shape index (κ3) is 3.75. The number of carbonyl (C=O) groups is 2. The summed E-state index contributed by atoms with van der Waals surface area (Å²) < 4.78 is 25.5. The summed E-state index contributed by atoms with van der Waals surface area (Å²) in [6.45, 7) is 3.94. The second-order valence-electron chi connectivity index (χ2n) is 4.06. The van der Waals surface area contributed by atoms with Gasteiger partial charge in [0.1, 0.15) is 6.54 Å². The normalized spacial score (nSPS) is 11.3. The zero-order chi connectivity index (χ0) is 15.3. The Kier molecular flexibility index (Phi) is 5.18. The first-order valence-electron chi connectivity index (χ1n) is 5.73. The number of carboxylic acids is 1. The maximum absolute atomic E-state index is 12.3. The molecule has 0 fully saturated rings. The predicted molar refractivity (Wildman–Crippen MR) is 73.0 cm³/mol. The van der Waals surface area contributed by atoms with Gasteiger partial charge >= 0.3 is 5.97 Å². The molecule has 0 atom stereocenters. The lowest BCUT2D eigenvalue weighted by atomic mass is 10.2. The van der Waals surface area contributed by atoms with Crippen molar-refractivity contribution in [2.45, 2.75) is 11.8 Å². The van der Waals surface area contributed by atoms with E-state index in [9.17, 15) is 18.0 Å². The molecule has 0 aliphatic rings. The first kappa shape index (κ1) is 16.1. The van der Waals surface area contributed by atoms with Crippen LogP contribution in [0, 0.1) is 0 Å². The molecule has 0 saturated carbocycles. The summed E-state index contributed by atoms with van der Waals surface area (Å²) in [4.78, 5) is 21.9. The first-order valence-corrected chi connectivity index (χ1v) is 7.17. The molecule has 108 valence electrons. The van der Waals surface area contributed by atoms with Gasteiger partial charge in [-0.3, -0.25) is 9.59 Å². The van der Waals surface area contributed by atoms with Crippen molar-refractivity contribution in [2.75, 3.05) is 13.1 Å². The molecule has 20 heavy (non-hydrogen) atoms. The van der Waals surface area contributed by atoms with Crippen molar-refractivity contribution in [2.24, 2.45) is 0 Å². The highest BCUT2D eigenvalue weighted by molar-refractivity contribution is 7.89. The zero-order valence-corrected chi connectivity index (χ0v) is 11.8. The van der Waals surface area contributed by atoms with Crippen LogP contribution in [0.4, 0.5) is 0 Å². The molecule has 1 aromatic rings. The minimum Gasteiger partial charge on any atom is -0.480 e. The van der Waals surface area contributed by atoms with Gasteiger partial charge in [0.15, 0.2) is 5.78 Å². The van der Waals surface area contributed by atoms with E-state index in [0.717, 1.165) is 4.31 Å². The van der Waals surface area contributed by atoms with Crippen LogP contribution < -0.4 is 0 Å². The van der Waals surface area contributed by atoms with Crippen molar-refractivity contribution < 1.29 is 23.1 Å². The van der Waals surface area contributed by atoms with E-state index in [4.69, 9.17) is 5.11 Å². The number of benzene rings is 1. The van der Waals surface area contributed by atoms with Gasteiger partial charge in [-0.2, -0.15) is 4.31 Å². The van der Waals surface area contributed by atoms with E-state index in [2.05, 4.69) is 6.58 Å². The molecule has 0 unspecified atom stereocenters. The molecule has 1 N–H and O–H groups in total. The Labute approximate surface area is 117 Å². The molecule has 0 heterocycles. The summed E-state index contributed by atoms with van der Waals surface area (Å²) in [6, 6.07) is 5.49. The number of carboxylic acid groups (broad SMARTS) is 1. The molecule has 0 aromatic heterocycles. The largest absolute Gasteiger partial charge is 0.480 e. The van der Waals surface area contributed by atoms with Gasteiger partial charge in [-0.25, -0.2) is 8.42 Å². The lowest BCUT2D eigenvalue weighted by Gasteiger charge is -2.18. The third-order valence-corrected chi connectivity index (χ3v) is 4.33. The summed E-state index contributed by atoms with van der Waals surface area (Å²) in [5.74, 6) is -1.53. The Morgan fingerprint density at radius 1 is 1.40 bits per heavy atom. The number of sulfonamides is 1. The molecule has 0 radical (unpaired) electrons. The fourth-order valence-electron chi connectivity index (χ4n) is 1.57. The molecule has 0 aliphatic heterocycles. The fraction of sp³-hybridized carbons (Fsp3) is 0.231. The average molecular weight is 297 g/mol. The molecule has 0 aliphatic carbocycles. The summed E-state index contributed by atoms with van der Waals surface area (Å²) in [5.41, 5.74) is 0.250. The summed E-state index contributed by atoms with van der Waals surface area (Å²) in [6.07, 6.45) is 1.30. The molecular weight excluding hydrogens is 282 g/mol. The lowest BCUT2D eigenvalue weighted by Crippen LogP contribution is -2.35. The van der Waals surface area contributed by atoms with Crippen molar-refractivity contribution in [3.05, 3.63) is 42.5 Å². The highest BCUT2D eigenvalue weighted by atomic mass is 32.2. The second kappa shape index (κ2) is 6.44. The quantitative estimate of drug-likeness (QED) is 0.602. The number of nitrogens with zero attached hydrogens (tertiary/aromatic N) is 1. The van der Waals surface area contributed by atoms with Gasteiger partial charge in [0.2, 0.25) is 10.0 Å². The molecule has 0 bridgehead atoms. The monoisotopic (exact) mass is 297 g/mol. The van der Waals surface area contributed by atoms with Gasteiger partial charge in [-0.1, -0.05) is 18.2 Å². The molecule has 0 amide bonds. The maximum atomic E-state index is 12.3. The molecule has 6 nitrogen and oxygen atoms in total. The molecular formula is C13H15NO5S. The standard InChI is InChI=1S/C13H15NO5S/c1-3-7-14(9-13(16)17)20(18,19)12-6-4-5-11(8-12)10(2)15/h3-6,8H,1,7,9H2,2H3,(H,16,17). The van der Waals surface area contributed by atoms with Crippen molar-refractivity contribution in [1.82, 2.24) is 4.31 Å². The second-order valence-corrected chi connectivity index (χ2v) is 6.00. The van der Waals surface area contributed by atoms with Gasteiger partial charge in [0.05, 0.1) is 4.90 Å². The Balaban J connectivity index is 3.25. The lowest BCUT2D eigenvalue weighted by molar-refractivity contribution is -0.137. The van der Waals surface area contributed by atoms with E-state index in [1.165, 1.54) is 37.3 Å². The minimum absolute atomic E-state index is 0.117. The first-order chi connectivity index (χ1) is 9.28. The Bertz CT molecular complexity index is 636. The third-order valence-electron chi connectivity index (χ3n) is 2.52. The van der Waals surface area contributed by atoms with E-state index in [1.54, 1.807) is 0 Å².